The van der Waals surface area contributed by atoms with Crippen LogP contribution < -0.4 is 16.0 Å². The highest BCUT2D eigenvalue weighted by Gasteiger charge is 2.47. The van der Waals surface area contributed by atoms with Gasteiger partial charge in [0, 0.05) is 33.5 Å². The van der Waals surface area contributed by atoms with E-state index in [1.54, 1.807) is 0 Å². The van der Waals surface area contributed by atoms with E-state index in [0.29, 0.717) is 36.0 Å². The van der Waals surface area contributed by atoms with E-state index in [0.717, 1.165) is 30.8 Å². The first-order valence-electron chi connectivity index (χ1n) is 15.9. The molecule has 0 bridgehead atoms. The number of nitrogens with zero attached hydrogens (tertiary/aromatic N) is 5. The number of hydrogen-bond acceptors (Lipinski definition) is 10. The molecule has 5 N–H and O–H groups in total. The van der Waals surface area contributed by atoms with E-state index in [-0.39, 0.29) is 19.4 Å². The molecule has 1 unspecified atom stereocenters. The van der Waals surface area contributed by atoms with Crippen molar-refractivity contribution >= 4 is 28.8 Å². The van der Waals surface area contributed by atoms with Crippen LogP contribution in [0.4, 0.5) is 11.8 Å². The molecule has 4 aromatic rings. The van der Waals surface area contributed by atoms with E-state index in [1.165, 1.54) is 23.7 Å². The van der Waals surface area contributed by atoms with E-state index in [1.807, 2.05) is 36.4 Å². The highest BCUT2D eigenvalue weighted by Crippen LogP contribution is 2.34. The maximum atomic E-state index is 12.6. The minimum Gasteiger partial charge on any atom is -0.387 e. The average Bonchev–Trinajstić information content (AvgIpc) is 3.81. The monoisotopic (exact) mass is 601 g/mol. The lowest BCUT2D eigenvalue weighted by Gasteiger charge is -2.20. The molecular formula is C32H40N8O4. The number of aromatic nitrogens is 4. The van der Waals surface area contributed by atoms with Crippen LogP contribution in [0.5, 0.6) is 0 Å². The number of aliphatic hydroxyl groups is 2. The van der Waals surface area contributed by atoms with Gasteiger partial charge in [-0.25, -0.2) is 4.98 Å². The zero-order valence-corrected chi connectivity index (χ0v) is 24.5. The number of likely N-dealkylation sites (N-methyl/N-ethyl adjacent to an activating group) is 1. The number of rotatable bonds is 12. The molecule has 4 atom stereocenters. The fourth-order valence-corrected chi connectivity index (χ4v) is 5.96. The second-order valence-electron chi connectivity index (χ2n) is 11.2. The van der Waals surface area contributed by atoms with Crippen molar-refractivity contribution in [2.24, 2.45) is 0 Å². The van der Waals surface area contributed by atoms with Gasteiger partial charge in [-0.2, -0.15) is 9.97 Å². The number of nitrogens with one attached hydrogen (secondary N) is 3. The van der Waals surface area contributed by atoms with Crippen LogP contribution in [0, 0.1) is 0 Å². The van der Waals surface area contributed by atoms with Gasteiger partial charge >= 0.3 is 0 Å². The number of benzene rings is 2. The quantitative estimate of drug-likeness (QED) is 0.164. The Kier molecular flexibility index (Phi) is 8.91. The maximum absolute atomic E-state index is 12.6. The Morgan fingerprint density at radius 2 is 1.73 bits per heavy atom. The maximum Gasteiger partial charge on any atom is 0.252 e. The number of imidazole rings is 1. The Hall–Kier alpha value is -4.10. The van der Waals surface area contributed by atoms with Crippen LogP contribution in [0.1, 0.15) is 44.4 Å². The third kappa shape index (κ3) is 6.39. The fraction of sp³-hybridized carbons (Fsp3) is 0.438. The summed E-state index contributed by atoms with van der Waals surface area (Å²) in [5, 5.41) is 31.0. The van der Waals surface area contributed by atoms with Crippen molar-refractivity contribution in [1.29, 1.82) is 0 Å². The van der Waals surface area contributed by atoms with Crippen molar-refractivity contribution in [3.8, 4) is 0 Å². The zero-order valence-electron chi connectivity index (χ0n) is 25.5. The van der Waals surface area contributed by atoms with Gasteiger partial charge in [0.05, 0.1) is 6.33 Å². The topological polar surface area (TPSA) is 150 Å². The van der Waals surface area contributed by atoms with Crippen LogP contribution in [-0.4, -0.2) is 98.1 Å². The lowest BCUT2D eigenvalue weighted by atomic mass is 9.91. The Morgan fingerprint density at radius 1 is 1.02 bits per heavy atom. The first kappa shape index (κ1) is 28.7. The summed E-state index contributed by atoms with van der Waals surface area (Å²) in [6.45, 7) is 4.30. The highest BCUT2D eigenvalue weighted by atomic mass is 16.6. The molecular weight excluding hydrogens is 560 g/mol. The lowest BCUT2D eigenvalue weighted by molar-refractivity contribution is -0.137. The molecule has 12 nitrogen and oxygen atoms in total. The van der Waals surface area contributed by atoms with Gasteiger partial charge in [-0.15, -0.1) is 0 Å². The zero-order chi connectivity index (χ0) is 31.2. The van der Waals surface area contributed by atoms with Crippen molar-refractivity contribution in [2.75, 3.05) is 49.9 Å². The van der Waals surface area contributed by atoms with Gasteiger partial charge in [-0.05, 0) is 44.0 Å². The number of carbonyl (C=O) groups is 1. The summed E-state index contributed by atoms with van der Waals surface area (Å²) < 4.78 is 14.7. The van der Waals surface area contributed by atoms with Crippen LogP contribution in [-0.2, 0) is 9.53 Å². The molecule has 0 spiro atoms. The molecule has 2 saturated heterocycles. The summed E-state index contributed by atoms with van der Waals surface area (Å²) in [5.74, 6) is 0.343. The van der Waals surface area contributed by atoms with Crippen molar-refractivity contribution in [1.82, 2.24) is 29.7 Å². The SMILES string of the molecule is [2H]CCNC(=O)[C@H]1OC(n2cnc3c(NCC(c4ccccc4)c4ccccc4)nc(NCCN4CCCC4)nc32)[C@H](O)[C@@H]1O. The van der Waals surface area contributed by atoms with Gasteiger partial charge in [0.1, 0.15) is 12.2 Å². The molecule has 0 saturated carbocycles. The average molecular weight is 602 g/mol. The Labute approximate surface area is 257 Å². The number of anilines is 2. The fourth-order valence-electron chi connectivity index (χ4n) is 5.96. The summed E-state index contributed by atoms with van der Waals surface area (Å²) in [4.78, 5) is 29.1. The van der Waals surface area contributed by atoms with Crippen LogP contribution >= 0.6 is 0 Å². The van der Waals surface area contributed by atoms with Gasteiger partial charge in [-0.1, -0.05) is 60.7 Å². The summed E-state index contributed by atoms with van der Waals surface area (Å²) in [6, 6.07) is 20.5. The Morgan fingerprint density at radius 3 is 2.41 bits per heavy atom. The van der Waals surface area contributed by atoms with Gasteiger partial charge in [0.15, 0.2) is 29.3 Å². The van der Waals surface area contributed by atoms with E-state index >= 15 is 0 Å². The molecule has 2 aliphatic heterocycles. The molecule has 44 heavy (non-hydrogen) atoms. The van der Waals surface area contributed by atoms with Crippen molar-refractivity contribution < 1.29 is 21.1 Å². The molecule has 2 aromatic carbocycles. The minimum absolute atomic E-state index is 0.0116. The minimum atomic E-state index is -1.46. The molecule has 2 aliphatic rings. The number of carbonyl (C=O) groups excluding carboxylic acids is 1. The summed E-state index contributed by atoms with van der Waals surface area (Å²) in [7, 11) is 0. The number of likely N-dealkylation sites (tertiary alicyclic amines) is 1. The van der Waals surface area contributed by atoms with Gasteiger partial charge in [0.2, 0.25) is 5.95 Å². The van der Waals surface area contributed by atoms with Crippen molar-refractivity contribution in [3.63, 3.8) is 0 Å². The predicted molar refractivity (Wildman–Crippen MR) is 167 cm³/mol. The highest BCUT2D eigenvalue weighted by molar-refractivity contribution is 5.85. The molecule has 232 valence electrons. The molecule has 2 fully saturated rings. The number of amides is 1. The van der Waals surface area contributed by atoms with E-state index in [4.69, 9.17) is 16.1 Å². The number of hydrogen-bond donors (Lipinski definition) is 5. The standard InChI is InChI=1S/C32H40N8O4/c1-2-33-30(43)27-25(41)26(42)31(44-27)40-20-36-24-28(37-32(38-29(24)40)34-15-18-39-16-9-10-17-39)35-19-23(21-11-5-3-6-12-21)22-13-7-4-8-14-22/h3-8,11-14,20,23,25-27,31,41-42H,2,9-10,15-19H2,1H3,(H,33,43)(H2,34,35,37,38)/t25-,26+,27-,31?/m0/s1/i1D. The molecule has 12 heteroatoms. The van der Waals surface area contributed by atoms with E-state index < -0.39 is 30.4 Å². The molecule has 0 aliphatic carbocycles. The summed E-state index contributed by atoms with van der Waals surface area (Å²) >= 11 is 0. The predicted octanol–water partition coefficient (Wildman–Crippen LogP) is 2.33. The number of aliphatic hydroxyl groups excluding tert-OH is 2. The summed E-state index contributed by atoms with van der Waals surface area (Å²) in [6.07, 6.45) is -1.40. The second kappa shape index (κ2) is 13.7. The Bertz CT molecular complexity index is 1510. The third-order valence-electron chi connectivity index (χ3n) is 8.28. The number of ether oxygens (including phenoxy) is 1. The smallest absolute Gasteiger partial charge is 0.252 e. The van der Waals surface area contributed by atoms with Gasteiger partial charge in [-0.3, -0.25) is 9.36 Å². The Balaban J connectivity index is 1.30. The van der Waals surface area contributed by atoms with Crippen LogP contribution in [0.2, 0.25) is 0 Å². The third-order valence-corrected chi connectivity index (χ3v) is 8.28. The van der Waals surface area contributed by atoms with Crippen molar-refractivity contribution in [3.05, 3.63) is 78.1 Å². The van der Waals surface area contributed by atoms with Crippen LogP contribution in [0.25, 0.3) is 11.2 Å². The van der Waals surface area contributed by atoms with E-state index in [9.17, 15) is 15.0 Å². The second-order valence-corrected chi connectivity index (χ2v) is 11.2. The van der Waals surface area contributed by atoms with Crippen LogP contribution in [0.15, 0.2) is 67.0 Å². The number of fused-ring (bicyclic) bond motifs is 1. The van der Waals surface area contributed by atoms with Crippen LogP contribution in [0.3, 0.4) is 0 Å². The van der Waals surface area contributed by atoms with Crippen molar-refractivity contribution in [2.45, 2.75) is 50.2 Å². The molecule has 1 amide bonds. The van der Waals surface area contributed by atoms with Gasteiger partial charge in [0.25, 0.3) is 5.91 Å². The largest absolute Gasteiger partial charge is 0.387 e. The first-order chi connectivity index (χ1) is 22.0. The summed E-state index contributed by atoms with van der Waals surface area (Å²) in [5.41, 5.74) is 3.16. The molecule has 6 rings (SSSR count). The van der Waals surface area contributed by atoms with E-state index in [2.05, 4.69) is 50.1 Å². The lowest BCUT2D eigenvalue weighted by Crippen LogP contribution is -2.42. The van der Waals surface area contributed by atoms with Gasteiger partial charge < -0.3 is 35.8 Å². The molecule has 4 heterocycles. The first-order valence-corrected chi connectivity index (χ1v) is 15.2. The molecule has 2 aromatic heterocycles. The normalized spacial score (nSPS) is 22.4. The molecule has 0 radical (unpaired) electrons.